The van der Waals surface area contributed by atoms with Crippen molar-refractivity contribution in [3.63, 3.8) is 0 Å². The Labute approximate surface area is 118 Å². The monoisotopic (exact) mass is 278 g/mol. The number of halogens is 1. The SMILES string of the molecule is O=C(O)C1CC1c1ccc(C2CCCCC2)c(Cl)c1. The van der Waals surface area contributed by atoms with Gasteiger partial charge in [-0.2, -0.15) is 0 Å². The van der Waals surface area contributed by atoms with Gasteiger partial charge in [-0.1, -0.05) is 43.0 Å². The smallest absolute Gasteiger partial charge is 0.307 e. The summed E-state index contributed by atoms with van der Waals surface area (Å²) in [4.78, 5) is 10.9. The van der Waals surface area contributed by atoms with Gasteiger partial charge in [0.2, 0.25) is 0 Å². The Kier molecular flexibility index (Phi) is 3.53. The molecule has 0 aromatic heterocycles. The molecule has 0 amide bonds. The standard InChI is InChI=1S/C16H19ClO2/c17-15-8-11(13-9-14(13)16(18)19)6-7-12(15)10-4-2-1-3-5-10/h6-8,10,13-14H,1-5,9H2,(H,18,19). The maximum atomic E-state index is 10.9. The largest absolute Gasteiger partial charge is 0.481 e. The third-order valence-corrected chi connectivity index (χ3v) is 4.93. The quantitative estimate of drug-likeness (QED) is 0.879. The van der Waals surface area contributed by atoms with Crippen LogP contribution in [0.5, 0.6) is 0 Å². The number of hydrogen-bond donors (Lipinski definition) is 1. The van der Waals surface area contributed by atoms with Crippen LogP contribution in [0, 0.1) is 5.92 Å². The highest BCUT2D eigenvalue weighted by Gasteiger charge is 2.44. The molecule has 0 aliphatic heterocycles. The lowest BCUT2D eigenvalue weighted by Crippen LogP contribution is -2.05. The number of rotatable bonds is 3. The van der Waals surface area contributed by atoms with Gasteiger partial charge in [0.1, 0.15) is 0 Å². The van der Waals surface area contributed by atoms with Crippen molar-refractivity contribution in [2.45, 2.75) is 50.4 Å². The molecule has 2 fully saturated rings. The van der Waals surface area contributed by atoms with E-state index in [1.54, 1.807) is 0 Å². The average molecular weight is 279 g/mol. The van der Waals surface area contributed by atoms with E-state index in [4.69, 9.17) is 16.7 Å². The summed E-state index contributed by atoms with van der Waals surface area (Å²) >= 11 is 6.41. The summed E-state index contributed by atoms with van der Waals surface area (Å²) in [5.74, 6) is -0.103. The second kappa shape index (κ2) is 5.16. The zero-order chi connectivity index (χ0) is 13.4. The molecule has 0 bridgehead atoms. The summed E-state index contributed by atoms with van der Waals surface area (Å²) in [6, 6.07) is 6.22. The fraction of sp³-hybridized carbons (Fsp3) is 0.562. The average Bonchev–Trinajstić information content (AvgIpc) is 3.20. The van der Waals surface area contributed by atoms with Crippen molar-refractivity contribution in [2.75, 3.05) is 0 Å². The molecule has 2 aliphatic rings. The van der Waals surface area contributed by atoms with Crippen LogP contribution >= 0.6 is 11.6 Å². The first kappa shape index (κ1) is 13.0. The van der Waals surface area contributed by atoms with E-state index in [0.29, 0.717) is 5.92 Å². The van der Waals surface area contributed by atoms with Crippen LogP contribution in [0.2, 0.25) is 5.02 Å². The van der Waals surface area contributed by atoms with Crippen molar-refractivity contribution in [1.82, 2.24) is 0 Å². The molecule has 2 saturated carbocycles. The van der Waals surface area contributed by atoms with Crippen LogP contribution in [0.4, 0.5) is 0 Å². The molecule has 1 aromatic carbocycles. The van der Waals surface area contributed by atoms with Gasteiger partial charge in [-0.25, -0.2) is 0 Å². The molecule has 3 heteroatoms. The highest BCUT2D eigenvalue weighted by molar-refractivity contribution is 6.31. The van der Waals surface area contributed by atoms with Gasteiger partial charge >= 0.3 is 5.97 Å². The molecule has 0 spiro atoms. The number of aliphatic carboxylic acids is 1. The van der Waals surface area contributed by atoms with Crippen LogP contribution in [0.1, 0.15) is 61.5 Å². The third kappa shape index (κ3) is 2.64. The molecule has 2 nitrogen and oxygen atoms in total. The fourth-order valence-corrected chi connectivity index (χ4v) is 3.70. The molecule has 2 aliphatic carbocycles. The minimum absolute atomic E-state index is 0.176. The first-order valence-electron chi connectivity index (χ1n) is 7.19. The Morgan fingerprint density at radius 1 is 1.21 bits per heavy atom. The summed E-state index contributed by atoms with van der Waals surface area (Å²) in [5.41, 5.74) is 2.36. The van der Waals surface area contributed by atoms with Crippen LogP contribution < -0.4 is 0 Å². The summed E-state index contributed by atoms with van der Waals surface area (Å²) in [6.45, 7) is 0. The Morgan fingerprint density at radius 3 is 2.53 bits per heavy atom. The predicted octanol–water partition coefficient (Wildman–Crippen LogP) is 4.58. The Balaban J connectivity index is 1.76. The minimum atomic E-state index is -0.683. The van der Waals surface area contributed by atoms with E-state index in [1.165, 1.54) is 37.7 Å². The molecule has 1 aromatic rings. The van der Waals surface area contributed by atoms with Gasteiger partial charge in [0.25, 0.3) is 0 Å². The number of benzene rings is 1. The van der Waals surface area contributed by atoms with E-state index >= 15 is 0 Å². The molecule has 1 N–H and O–H groups in total. The Morgan fingerprint density at radius 2 is 1.95 bits per heavy atom. The zero-order valence-electron chi connectivity index (χ0n) is 10.9. The third-order valence-electron chi connectivity index (χ3n) is 4.61. The van der Waals surface area contributed by atoms with Crippen LogP contribution in [0.25, 0.3) is 0 Å². The van der Waals surface area contributed by atoms with Crippen molar-refractivity contribution in [3.8, 4) is 0 Å². The molecular weight excluding hydrogens is 260 g/mol. The summed E-state index contributed by atoms with van der Waals surface area (Å²) in [5, 5.41) is 9.81. The van der Waals surface area contributed by atoms with Gasteiger partial charge < -0.3 is 5.11 Å². The van der Waals surface area contributed by atoms with Gasteiger partial charge in [0.05, 0.1) is 5.92 Å². The van der Waals surface area contributed by atoms with Gasteiger partial charge in [0.15, 0.2) is 0 Å². The van der Waals surface area contributed by atoms with Crippen molar-refractivity contribution >= 4 is 17.6 Å². The molecule has 3 rings (SSSR count). The maximum Gasteiger partial charge on any atom is 0.307 e. The van der Waals surface area contributed by atoms with E-state index < -0.39 is 5.97 Å². The zero-order valence-corrected chi connectivity index (χ0v) is 11.7. The lowest BCUT2D eigenvalue weighted by Gasteiger charge is -2.23. The highest BCUT2D eigenvalue weighted by atomic mass is 35.5. The number of hydrogen-bond acceptors (Lipinski definition) is 1. The van der Waals surface area contributed by atoms with Crippen LogP contribution in [0.15, 0.2) is 18.2 Å². The van der Waals surface area contributed by atoms with E-state index in [-0.39, 0.29) is 11.8 Å². The molecule has 0 heterocycles. The first-order valence-corrected chi connectivity index (χ1v) is 7.57. The van der Waals surface area contributed by atoms with Gasteiger partial charge in [-0.15, -0.1) is 0 Å². The molecule has 2 unspecified atom stereocenters. The van der Waals surface area contributed by atoms with Gasteiger partial charge in [-0.3, -0.25) is 4.79 Å². The lowest BCUT2D eigenvalue weighted by molar-refractivity contribution is -0.138. The van der Waals surface area contributed by atoms with Crippen molar-refractivity contribution in [1.29, 1.82) is 0 Å². The van der Waals surface area contributed by atoms with Gasteiger partial charge in [0, 0.05) is 5.02 Å². The predicted molar refractivity (Wildman–Crippen MR) is 75.8 cm³/mol. The van der Waals surface area contributed by atoms with Crippen LogP contribution in [-0.2, 0) is 4.79 Å². The summed E-state index contributed by atoms with van der Waals surface area (Å²) in [6.07, 6.45) is 7.17. The van der Waals surface area contributed by atoms with E-state index in [1.807, 2.05) is 6.07 Å². The molecule has 102 valence electrons. The normalized spacial score (nSPS) is 27.2. The van der Waals surface area contributed by atoms with E-state index in [2.05, 4.69) is 12.1 Å². The minimum Gasteiger partial charge on any atom is -0.481 e. The number of carbonyl (C=O) groups is 1. The molecular formula is C16H19ClO2. The fourth-order valence-electron chi connectivity index (χ4n) is 3.36. The molecule has 0 saturated heterocycles. The first-order chi connectivity index (χ1) is 9.16. The van der Waals surface area contributed by atoms with Crippen LogP contribution in [-0.4, -0.2) is 11.1 Å². The van der Waals surface area contributed by atoms with E-state index in [0.717, 1.165) is 17.0 Å². The summed E-state index contributed by atoms with van der Waals surface area (Å²) < 4.78 is 0. The maximum absolute atomic E-state index is 10.9. The van der Waals surface area contributed by atoms with Crippen LogP contribution in [0.3, 0.4) is 0 Å². The molecule has 0 radical (unpaired) electrons. The Bertz CT molecular complexity index is 492. The second-order valence-electron chi connectivity index (χ2n) is 5.90. The number of carboxylic acid groups (broad SMARTS) is 1. The second-order valence-corrected chi connectivity index (χ2v) is 6.31. The summed E-state index contributed by atoms with van der Waals surface area (Å²) in [7, 11) is 0. The topological polar surface area (TPSA) is 37.3 Å². The molecule has 2 atom stereocenters. The lowest BCUT2D eigenvalue weighted by atomic mass is 9.83. The highest BCUT2D eigenvalue weighted by Crippen LogP contribution is 2.48. The number of carboxylic acids is 1. The van der Waals surface area contributed by atoms with Crippen molar-refractivity contribution < 1.29 is 9.90 Å². The molecule has 19 heavy (non-hydrogen) atoms. The van der Waals surface area contributed by atoms with Gasteiger partial charge in [-0.05, 0) is 48.3 Å². The van der Waals surface area contributed by atoms with E-state index in [9.17, 15) is 4.79 Å². The Hall–Kier alpha value is -1.02. The van der Waals surface area contributed by atoms with Crippen molar-refractivity contribution in [3.05, 3.63) is 34.3 Å². The van der Waals surface area contributed by atoms with Crippen molar-refractivity contribution in [2.24, 2.45) is 5.92 Å².